The summed E-state index contributed by atoms with van der Waals surface area (Å²) in [5.41, 5.74) is 0.891. The third-order valence-corrected chi connectivity index (χ3v) is 2.71. The van der Waals surface area contributed by atoms with Gasteiger partial charge in [-0.05, 0) is 30.7 Å². The van der Waals surface area contributed by atoms with Crippen LogP contribution < -0.4 is 5.32 Å². The highest BCUT2D eigenvalue weighted by Crippen LogP contribution is 2.24. The second-order valence-corrected chi connectivity index (χ2v) is 4.08. The van der Waals surface area contributed by atoms with Gasteiger partial charge in [0.05, 0.1) is 11.0 Å². The molecule has 1 atom stereocenters. The summed E-state index contributed by atoms with van der Waals surface area (Å²) >= 11 is 0. The quantitative estimate of drug-likeness (QED) is 0.677. The number of hydrogen-bond donors (Lipinski definition) is 1. The maximum atomic E-state index is 13.2. The van der Waals surface area contributed by atoms with Gasteiger partial charge in [0.2, 0.25) is 5.82 Å². The van der Waals surface area contributed by atoms with E-state index in [4.69, 9.17) is 0 Å². The topological polar surface area (TPSA) is 68.1 Å². The zero-order valence-corrected chi connectivity index (χ0v) is 10.2. The summed E-state index contributed by atoms with van der Waals surface area (Å²) in [6, 6.07) is 7.34. The standard InChI is InChI=1S/C13H12FN3O2/c1-9(10-3-2-6-15-8-10)16-11-4-5-12(14)13(7-11)17(18)19/h2-9,16H,1H3. The Labute approximate surface area is 109 Å². The van der Waals surface area contributed by atoms with Gasteiger partial charge in [-0.3, -0.25) is 15.1 Å². The molecule has 19 heavy (non-hydrogen) atoms. The van der Waals surface area contributed by atoms with E-state index >= 15 is 0 Å². The summed E-state index contributed by atoms with van der Waals surface area (Å²) in [5, 5.41) is 13.7. The molecule has 0 saturated carbocycles. The molecule has 5 nitrogen and oxygen atoms in total. The predicted molar refractivity (Wildman–Crippen MR) is 69.3 cm³/mol. The summed E-state index contributed by atoms with van der Waals surface area (Å²) < 4.78 is 13.2. The SMILES string of the molecule is CC(Nc1ccc(F)c([N+](=O)[O-])c1)c1cccnc1. The predicted octanol–water partition coefficient (Wildman–Crippen LogP) is 3.30. The molecule has 98 valence electrons. The maximum absolute atomic E-state index is 13.2. The Morgan fingerprint density at radius 3 is 2.84 bits per heavy atom. The lowest BCUT2D eigenvalue weighted by Crippen LogP contribution is -2.07. The average molecular weight is 261 g/mol. The Kier molecular flexibility index (Phi) is 3.70. The molecule has 2 aromatic rings. The van der Waals surface area contributed by atoms with Crippen molar-refractivity contribution in [1.82, 2.24) is 4.98 Å². The van der Waals surface area contributed by atoms with Crippen LogP contribution in [0.3, 0.4) is 0 Å². The van der Waals surface area contributed by atoms with Crippen LogP contribution in [0, 0.1) is 15.9 Å². The molecule has 1 aromatic heterocycles. The molecule has 0 fully saturated rings. The van der Waals surface area contributed by atoms with Crippen LogP contribution in [-0.2, 0) is 0 Å². The van der Waals surface area contributed by atoms with E-state index in [-0.39, 0.29) is 6.04 Å². The lowest BCUT2D eigenvalue weighted by molar-refractivity contribution is -0.387. The number of nitro benzene ring substituents is 1. The molecular formula is C13H12FN3O2. The van der Waals surface area contributed by atoms with E-state index < -0.39 is 16.4 Å². The first-order chi connectivity index (χ1) is 9.08. The van der Waals surface area contributed by atoms with Crippen molar-refractivity contribution in [3.63, 3.8) is 0 Å². The van der Waals surface area contributed by atoms with Crippen molar-refractivity contribution in [2.75, 3.05) is 5.32 Å². The monoisotopic (exact) mass is 261 g/mol. The van der Waals surface area contributed by atoms with E-state index in [0.29, 0.717) is 5.69 Å². The third-order valence-electron chi connectivity index (χ3n) is 2.71. The number of rotatable bonds is 4. The largest absolute Gasteiger partial charge is 0.378 e. The van der Waals surface area contributed by atoms with Crippen LogP contribution >= 0.6 is 0 Å². The molecule has 0 saturated heterocycles. The normalized spacial score (nSPS) is 11.9. The lowest BCUT2D eigenvalue weighted by Gasteiger charge is -2.15. The molecular weight excluding hydrogens is 249 g/mol. The van der Waals surface area contributed by atoms with Gasteiger partial charge in [0.25, 0.3) is 0 Å². The summed E-state index contributed by atoms with van der Waals surface area (Å²) in [5.74, 6) is -0.843. The van der Waals surface area contributed by atoms with Crippen LogP contribution in [0.1, 0.15) is 18.5 Å². The molecule has 2 rings (SSSR count). The number of halogens is 1. The van der Waals surface area contributed by atoms with Crippen LogP contribution in [0.25, 0.3) is 0 Å². The number of hydrogen-bond acceptors (Lipinski definition) is 4. The Morgan fingerprint density at radius 1 is 1.42 bits per heavy atom. The third kappa shape index (κ3) is 3.04. The van der Waals surface area contributed by atoms with Gasteiger partial charge in [-0.1, -0.05) is 6.07 Å². The maximum Gasteiger partial charge on any atom is 0.306 e. The van der Waals surface area contributed by atoms with E-state index in [1.54, 1.807) is 18.5 Å². The van der Waals surface area contributed by atoms with Crippen LogP contribution in [0.15, 0.2) is 42.7 Å². The molecule has 0 amide bonds. The molecule has 0 aliphatic heterocycles. The number of anilines is 1. The van der Waals surface area contributed by atoms with Gasteiger partial charge >= 0.3 is 5.69 Å². The summed E-state index contributed by atoms with van der Waals surface area (Å²) in [7, 11) is 0. The first-order valence-corrected chi connectivity index (χ1v) is 5.68. The minimum absolute atomic E-state index is 0.0845. The Hall–Kier alpha value is -2.50. The van der Waals surface area contributed by atoms with Gasteiger partial charge in [-0.25, -0.2) is 0 Å². The minimum atomic E-state index is -0.843. The molecule has 1 heterocycles. The van der Waals surface area contributed by atoms with Crippen LogP contribution in [0.4, 0.5) is 15.8 Å². The molecule has 1 N–H and O–H groups in total. The highest BCUT2D eigenvalue weighted by molar-refractivity contribution is 5.52. The van der Waals surface area contributed by atoms with Gasteiger partial charge < -0.3 is 5.32 Å². The van der Waals surface area contributed by atoms with E-state index in [0.717, 1.165) is 11.6 Å². The van der Waals surface area contributed by atoms with Gasteiger partial charge in [-0.2, -0.15) is 4.39 Å². The van der Waals surface area contributed by atoms with Crippen molar-refractivity contribution < 1.29 is 9.31 Å². The fourth-order valence-corrected chi connectivity index (χ4v) is 1.71. The second-order valence-electron chi connectivity index (χ2n) is 4.08. The van der Waals surface area contributed by atoms with Crippen molar-refractivity contribution in [1.29, 1.82) is 0 Å². The van der Waals surface area contributed by atoms with Crippen molar-refractivity contribution >= 4 is 11.4 Å². The van der Waals surface area contributed by atoms with Crippen molar-refractivity contribution in [3.05, 3.63) is 64.2 Å². The number of aromatic nitrogens is 1. The van der Waals surface area contributed by atoms with Crippen molar-refractivity contribution in [3.8, 4) is 0 Å². The smallest absolute Gasteiger partial charge is 0.306 e. The number of nitrogens with zero attached hydrogens (tertiary/aromatic N) is 2. The molecule has 0 spiro atoms. The van der Waals surface area contributed by atoms with Gasteiger partial charge in [0.15, 0.2) is 0 Å². The zero-order valence-electron chi connectivity index (χ0n) is 10.2. The number of pyridine rings is 1. The molecule has 0 aliphatic rings. The lowest BCUT2D eigenvalue weighted by atomic mass is 10.1. The van der Waals surface area contributed by atoms with Gasteiger partial charge in [0, 0.05) is 24.1 Å². The summed E-state index contributed by atoms with van der Waals surface area (Å²) in [4.78, 5) is 13.9. The number of benzene rings is 1. The second kappa shape index (κ2) is 5.43. The fourth-order valence-electron chi connectivity index (χ4n) is 1.71. The van der Waals surface area contributed by atoms with E-state index in [9.17, 15) is 14.5 Å². The Bertz CT molecular complexity index is 590. The average Bonchev–Trinajstić information content (AvgIpc) is 2.41. The number of nitrogens with one attached hydrogen (secondary N) is 1. The molecule has 0 radical (unpaired) electrons. The molecule has 1 aromatic carbocycles. The first-order valence-electron chi connectivity index (χ1n) is 5.68. The molecule has 0 aliphatic carbocycles. The first kappa shape index (κ1) is 12.9. The Balaban J connectivity index is 2.20. The number of nitro groups is 1. The van der Waals surface area contributed by atoms with Crippen LogP contribution in [0.2, 0.25) is 0 Å². The van der Waals surface area contributed by atoms with Crippen LogP contribution in [-0.4, -0.2) is 9.91 Å². The van der Waals surface area contributed by atoms with Crippen molar-refractivity contribution in [2.24, 2.45) is 0 Å². The Morgan fingerprint density at radius 2 is 2.21 bits per heavy atom. The fraction of sp³-hybridized carbons (Fsp3) is 0.154. The van der Waals surface area contributed by atoms with Crippen LogP contribution in [0.5, 0.6) is 0 Å². The van der Waals surface area contributed by atoms with E-state index in [2.05, 4.69) is 10.3 Å². The molecule has 1 unspecified atom stereocenters. The van der Waals surface area contributed by atoms with Gasteiger partial charge in [-0.15, -0.1) is 0 Å². The van der Waals surface area contributed by atoms with Crippen molar-refractivity contribution in [2.45, 2.75) is 13.0 Å². The summed E-state index contributed by atoms with van der Waals surface area (Å²) in [6.07, 6.45) is 3.37. The highest BCUT2D eigenvalue weighted by atomic mass is 19.1. The highest BCUT2D eigenvalue weighted by Gasteiger charge is 2.15. The zero-order chi connectivity index (χ0) is 13.8. The summed E-state index contributed by atoms with van der Waals surface area (Å²) in [6.45, 7) is 1.90. The van der Waals surface area contributed by atoms with Gasteiger partial charge in [0.1, 0.15) is 0 Å². The minimum Gasteiger partial charge on any atom is -0.378 e. The van der Waals surface area contributed by atoms with E-state index in [1.165, 1.54) is 12.1 Å². The van der Waals surface area contributed by atoms with E-state index in [1.807, 2.05) is 13.0 Å². The molecule has 0 bridgehead atoms. The molecule has 6 heteroatoms.